The van der Waals surface area contributed by atoms with Crippen molar-refractivity contribution in [3.8, 4) is 17.6 Å². The molecule has 200 valence electrons. The Kier molecular flexibility index (Phi) is 5.84. The van der Waals surface area contributed by atoms with E-state index in [2.05, 4.69) is 16.5 Å². The lowest BCUT2D eigenvalue weighted by Gasteiger charge is -2.31. The van der Waals surface area contributed by atoms with E-state index in [9.17, 15) is 14.7 Å². The minimum Gasteiger partial charge on any atom is -0.460 e. The molecule has 6 rings (SSSR count). The van der Waals surface area contributed by atoms with E-state index in [0.717, 1.165) is 5.56 Å². The predicted octanol–water partition coefficient (Wildman–Crippen LogP) is 4.12. The predicted molar refractivity (Wildman–Crippen MR) is 142 cm³/mol. The van der Waals surface area contributed by atoms with Crippen molar-refractivity contribution in [2.75, 3.05) is 13.1 Å². The van der Waals surface area contributed by atoms with Gasteiger partial charge in [0, 0.05) is 42.8 Å². The number of hydrogen-bond donors (Lipinski definition) is 2. The second-order valence-electron chi connectivity index (χ2n) is 10.9. The van der Waals surface area contributed by atoms with Crippen molar-refractivity contribution in [2.24, 2.45) is 5.92 Å². The molecule has 0 radical (unpaired) electrons. The molecule has 1 aromatic carbocycles. The highest BCUT2D eigenvalue weighted by atomic mass is 16.5. The molecule has 1 atom stereocenters. The van der Waals surface area contributed by atoms with Crippen LogP contribution < -0.4 is 10.1 Å². The largest absolute Gasteiger partial charge is 0.460 e. The van der Waals surface area contributed by atoms with Gasteiger partial charge in [-0.15, -0.1) is 0 Å². The smallest absolute Gasteiger partial charge is 0.255 e. The number of nitriles is 1. The first kappa shape index (κ1) is 24.9. The zero-order chi connectivity index (χ0) is 27.5. The molecule has 1 saturated heterocycles. The van der Waals surface area contributed by atoms with Gasteiger partial charge in [-0.1, -0.05) is 0 Å². The summed E-state index contributed by atoms with van der Waals surface area (Å²) in [4.78, 5) is 27.8. The average Bonchev–Trinajstić information content (AvgIpc) is 3.52. The number of fused-ring (bicyclic) bond motifs is 2. The van der Waals surface area contributed by atoms with Gasteiger partial charge in [0.2, 0.25) is 0 Å². The summed E-state index contributed by atoms with van der Waals surface area (Å²) in [5, 5.41) is 27.3. The number of likely N-dealkylation sites (tertiary alicyclic amines) is 1. The van der Waals surface area contributed by atoms with Gasteiger partial charge >= 0.3 is 0 Å². The van der Waals surface area contributed by atoms with Gasteiger partial charge in [0.1, 0.15) is 22.6 Å². The molecule has 4 aromatic rings. The molecule has 2 fully saturated rings. The van der Waals surface area contributed by atoms with Crippen LogP contribution >= 0.6 is 0 Å². The molecule has 4 heterocycles. The van der Waals surface area contributed by atoms with Crippen LogP contribution in [0.4, 0.5) is 0 Å². The molecule has 10 nitrogen and oxygen atoms in total. The van der Waals surface area contributed by atoms with E-state index in [0.29, 0.717) is 70.7 Å². The summed E-state index contributed by atoms with van der Waals surface area (Å²) in [6.07, 6.45) is 5.17. The summed E-state index contributed by atoms with van der Waals surface area (Å²) in [6.45, 7) is 6.14. The maximum Gasteiger partial charge on any atom is 0.255 e. The van der Waals surface area contributed by atoms with Gasteiger partial charge in [-0.2, -0.15) is 10.4 Å². The molecule has 1 aliphatic heterocycles. The molecule has 0 bridgehead atoms. The molecule has 2 N–H and O–H groups in total. The summed E-state index contributed by atoms with van der Waals surface area (Å²) in [5.74, 6) is 1.19. The van der Waals surface area contributed by atoms with Gasteiger partial charge in [-0.25, -0.2) is 4.52 Å². The lowest BCUT2D eigenvalue weighted by atomic mass is 9.81. The Hall–Kier alpha value is -4.36. The highest BCUT2D eigenvalue weighted by Gasteiger charge is 2.35. The summed E-state index contributed by atoms with van der Waals surface area (Å²) < 4.78 is 13.8. The molecule has 39 heavy (non-hydrogen) atoms. The van der Waals surface area contributed by atoms with Crippen molar-refractivity contribution in [1.82, 2.24) is 19.8 Å². The number of amides is 2. The number of carbonyl (C=O) groups is 2. The molecule has 0 unspecified atom stereocenters. The van der Waals surface area contributed by atoms with Crippen LogP contribution in [-0.4, -0.2) is 56.2 Å². The van der Waals surface area contributed by atoms with Gasteiger partial charge in [-0.3, -0.25) is 9.59 Å². The number of aliphatic hydroxyl groups is 1. The molecule has 0 spiro atoms. The number of rotatable bonds is 5. The first-order valence-electron chi connectivity index (χ1n) is 13.0. The van der Waals surface area contributed by atoms with Crippen molar-refractivity contribution in [3.63, 3.8) is 0 Å². The van der Waals surface area contributed by atoms with Gasteiger partial charge in [0.15, 0.2) is 5.75 Å². The summed E-state index contributed by atoms with van der Waals surface area (Å²) in [6, 6.07) is 9.28. The van der Waals surface area contributed by atoms with Crippen LogP contribution in [0.25, 0.3) is 16.5 Å². The van der Waals surface area contributed by atoms with E-state index in [1.165, 1.54) is 0 Å². The maximum atomic E-state index is 13.2. The van der Waals surface area contributed by atoms with E-state index < -0.39 is 5.60 Å². The Morgan fingerprint density at radius 2 is 2.08 bits per heavy atom. The number of β-amino-alcohol motifs (C(OH)–C–C–N with tert-alkyl or cyclic N) is 1. The molecule has 10 heteroatoms. The second-order valence-corrected chi connectivity index (χ2v) is 10.9. The zero-order valence-corrected chi connectivity index (χ0v) is 22.0. The van der Waals surface area contributed by atoms with Crippen molar-refractivity contribution >= 4 is 28.3 Å². The average molecular weight is 528 g/mol. The summed E-state index contributed by atoms with van der Waals surface area (Å²) in [5.41, 5.74) is 2.03. The molecule has 1 aliphatic carbocycles. The summed E-state index contributed by atoms with van der Waals surface area (Å²) in [7, 11) is 0. The zero-order valence-electron chi connectivity index (χ0n) is 22.0. The third-order valence-corrected chi connectivity index (χ3v) is 7.81. The van der Waals surface area contributed by atoms with E-state index in [-0.39, 0.29) is 30.3 Å². The van der Waals surface area contributed by atoms with Crippen molar-refractivity contribution in [2.45, 2.75) is 51.7 Å². The Labute approximate surface area is 224 Å². The highest BCUT2D eigenvalue weighted by molar-refractivity contribution is 6.07. The highest BCUT2D eigenvalue weighted by Crippen LogP contribution is 2.35. The number of hydrogen-bond acceptors (Lipinski definition) is 7. The number of nitrogens with zero attached hydrogens (tertiary/aromatic N) is 4. The van der Waals surface area contributed by atoms with Crippen LogP contribution in [0.15, 0.2) is 41.1 Å². The monoisotopic (exact) mass is 527 g/mol. The number of ether oxygens (including phenoxy) is 1. The van der Waals surface area contributed by atoms with Crippen LogP contribution in [0.5, 0.6) is 11.5 Å². The standard InChI is InChI=1S/C29H29N5O5/c1-16-22(28(36)33-9-7-29(3,37)15-33)14-34-26(16)23(6-8-31-34)39-20-4-5-21-24(12-20)38-17(2)25(21)27(35)32-19-10-18(11-19)13-30/h4-6,8,12,14,18-19,37H,7,9-11,15H2,1-3H3,(H,32,35)/t18?,19?,29-/m1/s1. The van der Waals surface area contributed by atoms with Gasteiger partial charge in [-0.05, 0) is 57.7 Å². The third kappa shape index (κ3) is 4.38. The Morgan fingerprint density at radius 3 is 2.79 bits per heavy atom. The number of furan rings is 1. The normalized spacial score (nSPS) is 22.6. The van der Waals surface area contributed by atoms with E-state index in [4.69, 9.17) is 14.4 Å². The number of aryl methyl sites for hydroxylation is 2. The number of carbonyl (C=O) groups excluding carboxylic acids is 2. The number of aromatic nitrogens is 2. The minimum atomic E-state index is -0.879. The molecule has 3 aromatic heterocycles. The van der Waals surface area contributed by atoms with Gasteiger partial charge in [0.05, 0.1) is 34.9 Å². The fourth-order valence-electron chi connectivity index (χ4n) is 5.58. The van der Waals surface area contributed by atoms with Gasteiger partial charge < -0.3 is 24.5 Å². The summed E-state index contributed by atoms with van der Waals surface area (Å²) >= 11 is 0. The van der Waals surface area contributed by atoms with Crippen LogP contribution in [0.2, 0.25) is 0 Å². The first-order valence-corrected chi connectivity index (χ1v) is 13.0. The molecule has 2 amide bonds. The Morgan fingerprint density at radius 1 is 1.28 bits per heavy atom. The van der Waals surface area contributed by atoms with Crippen LogP contribution in [-0.2, 0) is 0 Å². The Balaban J connectivity index is 1.26. The quantitative estimate of drug-likeness (QED) is 0.399. The molecule has 2 aliphatic rings. The number of benzene rings is 1. The molecular weight excluding hydrogens is 498 g/mol. The van der Waals surface area contributed by atoms with E-state index >= 15 is 0 Å². The van der Waals surface area contributed by atoms with Crippen molar-refractivity contribution in [3.05, 3.63) is 59.1 Å². The molecule has 1 saturated carbocycles. The van der Waals surface area contributed by atoms with Crippen molar-refractivity contribution < 1.29 is 23.8 Å². The van der Waals surface area contributed by atoms with Crippen LogP contribution in [0.1, 0.15) is 58.2 Å². The van der Waals surface area contributed by atoms with Crippen LogP contribution in [0.3, 0.4) is 0 Å². The lowest BCUT2D eigenvalue weighted by molar-refractivity contribution is 0.0572. The third-order valence-electron chi connectivity index (χ3n) is 7.81. The van der Waals surface area contributed by atoms with Gasteiger partial charge in [0.25, 0.3) is 11.8 Å². The fourth-order valence-corrected chi connectivity index (χ4v) is 5.58. The molecular formula is C29H29N5O5. The van der Waals surface area contributed by atoms with Crippen LogP contribution in [0, 0.1) is 31.1 Å². The maximum absolute atomic E-state index is 13.2. The fraction of sp³-hybridized carbons (Fsp3) is 0.379. The Bertz CT molecular complexity index is 1670. The van der Waals surface area contributed by atoms with E-state index in [1.807, 2.05) is 6.92 Å². The SMILES string of the molecule is Cc1oc2cc(Oc3ccnn4cc(C(=O)N5CC[C@@](C)(O)C5)c(C)c34)ccc2c1C(=O)NC1CC(C#N)C1. The van der Waals surface area contributed by atoms with E-state index in [1.54, 1.807) is 59.9 Å². The topological polar surface area (TPSA) is 133 Å². The first-order chi connectivity index (χ1) is 18.6. The second kappa shape index (κ2) is 9.13. The lowest BCUT2D eigenvalue weighted by Crippen LogP contribution is -2.43. The number of nitrogens with one attached hydrogen (secondary N) is 1. The minimum absolute atomic E-state index is 0.00360. The van der Waals surface area contributed by atoms with Crippen molar-refractivity contribution in [1.29, 1.82) is 5.26 Å².